The maximum Gasteiger partial charge on any atom is 0.323 e. The topological polar surface area (TPSA) is 103 Å². The number of carbonyl (C=O) groups excluding carboxylic acids is 1. The molecule has 0 bridgehead atoms. The van der Waals surface area contributed by atoms with E-state index in [0.717, 1.165) is 4.68 Å². The summed E-state index contributed by atoms with van der Waals surface area (Å²) in [5.74, 6) is -0.646. The average Bonchev–Trinajstić information content (AvgIpc) is 2.58. The summed E-state index contributed by atoms with van der Waals surface area (Å²) in [4.78, 5) is 11.4. The van der Waals surface area contributed by atoms with Crippen LogP contribution < -0.4 is 4.72 Å². The molecule has 102 valence electrons. The molecule has 0 amide bonds. The monoisotopic (exact) mass is 340 g/mol. The molecule has 1 aromatic rings. The first kappa shape index (κ1) is 15.1. The van der Waals surface area contributed by atoms with E-state index in [9.17, 15) is 13.2 Å². The number of ether oxygens (including phenoxy) is 1. The second-order valence-corrected chi connectivity index (χ2v) is 5.78. The van der Waals surface area contributed by atoms with Gasteiger partial charge < -0.3 is 4.74 Å². The van der Waals surface area contributed by atoms with E-state index in [1.807, 2.05) is 0 Å². The van der Waals surface area contributed by atoms with Crippen molar-refractivity contribution in [2.24, 2.45) is 7.05 Å². The van der Waals surface area contributed by atoms with Crippen LogP contribution in [-0.2, 0) is 26.6 Å². The first-order chi connectivity index (χ1) is 8.29. The minimum absolute atomic E-state index is 0.0774. The minimum Gasteiger partial charge on any atom is -0.465 e. The SMILES string of the molecule is CCOC(=O)C(C)NS(=O)(=O)c1c(Br)nnn1C. The molecule has 1 heterocycles. The summed E-state index contributed by atoms with van der Waals surface area (Å²) in [6.07, 6.45) is 0. The van der Waals surface area contributed by atoms with Gasteiger partial charge >= 0.3 is 5.97 Å². The summed E-state index contributed by atoms with van der Waals surface area (Å²) >= 11 is 2.98. The fourth-order valence-corrected chi connectivity index (χ4v) is 3.50. The van der Waals surface area contributed by atoms with Gasteiger partial charge in [0.2, 0.25) is 5.03 Å². The van der Waals surface area contributed by atoms with Crippen LogP contribution in [0.3, 0.4) is 0 Å². The maximum atomic E-state index is 12.0. The van der Waals surface area contributed by atoms with Gasteiger partial charge in [0.15, 0.2) is 4.60 Å². The summed E-state index contributed by atoms with van der Waals surface area (Å²) in [7, 11) is -2.47. The molecule has 0 saturated carbocycles. The highest BCUT2D eigenvalue weighted by Crippen LogP contribution is 2.17. The molecule has 1 rings (SSSR count). The first-order valence-corrected chi connectivity index (χ1v) is 7.31. The average molecular weight is 341 g/mol. The van der Waals surface area contributed by atoms with E-state index in [1.54, 1.807) is 6.92 Å². The zero-order chi connectivity index (χ0) is 13.9. The number of hydrogen-bond acceptors (Lipinski definition) is 6. The van der Waals surface area contributed by atoms with Crippen LogP contribution in [0.5, 0.6) is 0 Å². The quantitative estimate of drug-likeness (QED) is 0.745. The second kappa shape index (κ2) is 5.76. The lowest BCUT2D eigenvalue weighted by atomic mass is 10.4. The molecule has 0 spiro atoms. The van der Waals surface area contributed by atoms with Gasteiger partial charge in [0.05, 0.1) is 6.61 Å². The lowest BCUT2D eigenvalue weighted by molar-refractivity contribution is -0.144. The zero-order valence-corrected chi connectivity index (χ0v) is 12.4. The van der Waals surface area contributed by atoms with Crippen molar-refractivity contribution in [3.63, 3.8) is 0 Å². The number of aromatic nitrogens is 3. The summed E-state index contributed by atoms with van der Waals surface area (Å²) in [5, 5.41) is 6.97. The van der Waals surface area contributed by atoms with E-state index in [4.69, 9.17) is 4.74 Å². The van der Waals surface area contributed by atoms with Gasteiger partial charge in [-0.3, -0.25) is 4.79 Å². The summed E-state index contributed by atoms with van der Waals surface area (Å²) < 4.78 is 32.1. The van der Waals surface area contributed by atoms with Crippen LogP contribution in [0.15, 0.2) is 9.63 Å². The maximum absolute atomic E-state index is 12.0. The number of hydrogen-bond donors (Lipinski definition) is 1. The van der Waals surface area contributed by atoms with Crippen molar-refractivity contribution >= 4 is 31.9 Å². The Balaban J connectivity index is 2.93. The van der Waals surface area contributed by atoms with Crippen LogP contribution >= 0.6 is 15.9 Å². The normalized spacial score (nSPS) is 13.3. The molecule has 0 aromatic carbocycles. The molecular formula is C8H13BrN4O4S. The van der Waals surface area contributed by atoms with Gasteiger partial charge in [0, 0.05) is 7.05 Å². The van der Waals surface area contributed by atoms with Gasteiger partial charge in [-0.15, -0.1) is 5.10 Å². The zero-order valence-electron chi connectivity index (χ0n) is 10.0. The summed E-state index contributed by atoms with van der Waals surface area (Å²) in [5.41, 5.74) is 0. The molecule has 1 unspecified atom stereocenters. The number of rotatable bonds is 5. The number of aryl methyl sites for hydroxylation is 1. The van der Waals surface area contributed by atoms with Gasteiger partial charge in [0.25, 0.3) is 10.0 Å². The third-order valence-electron chi connectivity index (χ3n) is 1.96. The van der Waals surface area contributed by atoms with Crippen molar-refractivity contribution in [1.29, 1.82) is 0 Å². The van der Waals surface area contributed by atoms with Crippen molar-refractivity contribution in [2.45, 2.75) is 24.9 Å². The van der Waals surface area contributed by atoms with Crippen molar-refractivity contribution < 1.29 is 17.9 Å². The van der Waals surface area contributed by atoms with E-state index in [-0.39, 0.29) is 16.2 Å². The van der Waals surface area contributed by atoms with Crippen LogP contribution in [0, 0.1) is 0 Å². The Bertz CT molecular complexity index is 522. The predicted octanol–water partition coefficient (Wildman–Crippen LogP) is -0.193. The lowest BCUT2D eigenvalue weighted by Crippen LogP contribution is -2.40. The molecular weight excluding hydrogens is 328 g/mol. The van der Waals surface area contributed by atoms with E-state index in [2.05, 4.69) is 31.0 Å². The number of halogens is 1. The molecule has 1 atom stereocenters. The number of nitrogens with one attached hydrogen (secondary N) is 1. The van der Waals surface area contributed by atoms with E-state index < -0.39 is 22.0 Å². The predicted molar refractivity (Wildman–Crippen MR) is 65.1 cm³/mol. The Hall–Kier alpha value is -1.00. The van der Waals surface area contributed by atoms with E-state index in [0.29, 0.717) is 0 Å². The van der Waals surface area contributed by atoms with Crippen molar-refractivity contribution in [3.8, 4) is 0 Å². The lowest BCUT2D eigenvalue weighted by Gasteiger charge is -2.12. The molecule has 0 radical (unpaired) electrons. The molecule has 1 N–H and O–H groups in total. The highest BCUT2D eigenvalue weighted by atomic mass is 79.9. The van der Waals surface area contributed by atoms with Crippen LogP contribution in [0.1, 0.15) is 13.8 Å². The number of nitrogens with zero attached hydrogens (tertiary/aromatic N) is 3. The molecule has 0 aliphatic heterocycles. The third-order valence-corrected chi connectivity index (χ3v) is 4.39. The van der Waals surface area contributed by atoms with E-state index >= 15 is 0 Å². The summed E-state index contributed by atoms with van der Waals surface area (Å²) in [6, 6.07) is -0.989. The molecule has 18 heavy (non-hydrogen) atoms. The van der Waals surface area contributed by atoms with Crippen LogP contribution in [0.2, 0.25) is 0 Å². The smallest absolute Gasteiger partial charge is 0.323 e. The van der Waals surface area contributed by atoms with Crippen molar-refractivity contribution in [3.05, 3.63) is 4.60 Å². The Kier molecular flexibility index (Phi) is 4.82. The Morgan fingerprint density at radius 2 is 2.22 bits per heavy atom. The third kappa shape index (κ3) is 3.27. The standard InChI is InChI=1S/C8H13BrN4O4S/c1-4-17-8(14)5(2)11-18(15,16)7-6(9)10-12-13(7)3/h5,11H,4H2,1-3H3. The van der Waals surface area contributed by atoms with Crippen molar-refractivity contribution in [2.75, 3.05) is 6.61 Å². The highest BCUT2D eigenvalue weighted by Gasteiger charge is 2.28. The first-order valence-electron chi connectivity index (χ1n) is 5.03. The Labute approximate surface area is 113 Å². The molecule has 8 nitrogen and oxygen atoms in total. The highest BCUT2D eigenvalue weighted by molar-refractivity contribution is 9.10. The van der Waals surface area contributed by atoms with Gasteiger partial charge in [0.1, 0.15) is 6.04 Å². The van der Waals surface area contributed by atoms with Gasteiger partial charge in [-0.1, -0.05) is 5.21 Å². The Morgan fingerprint density at radius 1 is 1.61 bits per heavy atom. The minimum atomic E-state index is -3.90. The molecule has 1 aromatic heterocycles. The summed E-state index contributed by atoms with van der Waals surface area (Å²) in [6.45, 7) is 3.22. The molecule has 10 heteroatoms. The van der Waals surface area contributed by atoms with Gasteiger partial charge in [-0.2, -0.15) is 4.72 Å². The van der Waals surface area contributed by atoms with Crippen LogP contribution in [0.4, 0.5) is 0 Å². The van der Waals surface area contributed by atoms with Crippen LogP contribution in [0.25, 0.3) is 0 Å². The molecule has 0 aliphatic carbocycles. The number of carbonyl (C=O) groups is 1. The van der Waals surface area contributed by atoms with Crippen LogP contribution in [-0.4, -0.2) is 42.0 Å². The largest absolute Gasteiger partial charge is 0.465 e. The fraction of sp³-hybridized carbons (Fsp3) is 0.625. The van der Waals surface area contributed by atoms with E-state index in [1.165, 1.54) is 14.0 Å². The number of esters is 1. The van der Waals surface area contributed by atoms with Crippen molar-refractivity contribution in [1.82, 2.24) is 19.7 Å². The number of sulfonamides is 1. The van der Waals surface area contributed by atoms with Gasteiger partial charge in [-0.05, 0) is 29.8 Å². The fourth-order valence-electron chi connectivity index (χ4n) is 1.21. The molecule has 0 aliphatic rings. The van der Waals surface area contributed by atoms with Gasteiger partial charge in [-0.25, -0.2) is 13.1 Å². The second-order valence-electron chi connectivity index (χ2n) is 3.40. The Morgan fingerprint density at radius 3 is 2.67 bits per heavy atom. The molecule has 0 saturated heterocycles. The molecule has 0 fully saturated rings.